The molecule has 100 valence electrons. The van der Waals surface area contributed by atoms with E-state index in [1.807, 2.05) is 6.26 Å². The third-order valence-corrected chi connectivity index (χ3v) is 4.58. The van der Waals surface area contributed by atoms with E-state index in [0.717, 1.165) is 18.5 Å². The van der Waals surface area contributed by atoms with Gasteiger partial charge in [0.25, 0.3) is 0 Å². The zero-order valence-corrected chi connectivity index (χ0v) is 11.0. The summed E-state index contributed by atoms with van der Waals surface area (Å²) in [5.41, 5.74) is 1.26. The Kier molecular flexibility index (Phi) is 4.01. The maximum atomic E-state index is 5.13. The van der Waals surface area contributed by atoms with Gasteiger partial charge in [0.15, 0.2) is 0 Å². The highest BCUT2D eigenvalue weighted by atomic mass is 16.3. The standard InChI is InChI=1S/C15H24N2O/c1-2-5-15(17-10-12-7-9-18-11-12)13(4-1)14-6-3-8-16-14/h7,9,11,13-17H,1-6,8,10H2. The monoisotopic (exact) mass is 248 g/mol. The average Bonchev–Trinajstić information content (AvgIpc) is 3.10. The largest absolute Gasteiger partial charge is 0.472 e. The van der Waals surface area contributed by atoms with Gasteiger partial charge in [-0.1, -0.05) is 12.8 Å². The van der Waals surface area contributed by atoms with Crippen LogP contribution < -0.4 is 10.6 Å². The second-order valence-electron chi connectivity index (χ2n) is 5.77. The van der Waals surface area contributed by atoms with Crippen molar-refractivity contribution >= 4 is 0 Å². The van der Waals surface area contributed by atoms with Gasteiger partial charge < -0.3 is 15.1 Å². The molecule has 1 saturated carbocycles. The topological polar surface area (TPSA) is 37.2 Å². The number of hydrogen-bond acceptors (Lipinski definition) is 3. The van der Waals surface area contributed by atoms with Crippen molar-refractivity contribution in [1.29, 1.82) is 0 Å². The van der Waals surface area contributed by atoms with Gasteiger partial charge in [-0.2, -0.15) is 0 Å². The van der Waals surface area contributed by atoms with Crippen LogP contribution in [-0.4, -0.2) is 18.6 Å². The summed E-state index contributed by atoms with van der Waals surface area (Å²) in [7, 11) is 0. The fourth-order valence-electron chi connectivity index (χ4n) is 3.61. The predicted octanol–water partition coefficient (Wildman–Crippen LogP) is 2.68. The molecule has 3 atom stereocenters. The molecule has 18 heavy (non-hydrogen) atoms. The van der Waals surface area contributed by atoms with E-state index in [-0.39, 0.29) is 0 Å². The van der Waals surface area contributed by atoms with E-state index in [2.05, 4.69) is 16.7 Å². The second kappa shape index (κ2) is 5.89. The Morgan fingerprint density at radius 2 is 2.17 bits per heavy atom. The molecule has 0 radical (unpaired) electrons. The molecule has 0 aromatic carbocycles. The van der Waals surface area contributed by atoms with Gasteiger partial charge in [-0.05, 0) is 44.2 Å². The van der Waals surface area contributed by atoms with E-state index in [9.17, 15) is 0 Å². The van der Waals surface area contributed by atoms with Crippen LogP contribution >= 0.6 is 0 Å². The van der Waals surface area contributed by atoms with Crippen molar-refractivity contribution in [3.8, 4) is 0 Å². The Morgan fingerprint density at radius 1 is 1.22 bits per heavy atom. The molecule has 1 saturated heterocycles. The third-order valence-electron chi connectivity index (χ3n) is 4.58. The van der Waals surface area contributed by atoms with Crippen molar-refractivity contribution in [2.75, 3.05) is 6.54 Å². The first-order valence-corrected chi connectivity index (χ1v) is 7.41. The maximum Gasteiger partial charge on any atom is 0.0947 e. The van der Waals surface area contributed by atoms with Gasteiger partial charge >= 0.3 is 0 Å². The summed E-state index contributed by atoms with van der Waals surface area (Å²) in [5.74, 6) is 0.827. The lowest BCUT2D eigenvalue weighted by atomic mass is 9.79. The van der Waals surface area contributed by atoms with E-state index in [4.69, 9.17) is 4.42 Å². The summed E-state index contributed by atoms with van der Waals surface area (Å²) >= 11 is 0. The highest BCUT2D eigenvalue weighted by Gasteiger charge is 2.32. The molecule has 0 spiro atoms. The second-order valence-corrected chi connectivity index (χ2v) is 5.77. The molecule has 2 aliphatic rings. The maximum absolute atomic E-state index is 5.13. The molecule has 3 unspecified atom stereocenters. The fraction of sp³-hybridized carbons (Fsp3) is 0.733. The van der Waals surface area contributed by atoms with Gasteiger partial charge in [-0.25, -0.2) is 0 Å². The molecule has 2 N–H and O–H groups in total. The van der Waals surface area contributed by atoms with Crippen LogP contribution in [0, 0.1) is 5.92 Å². The van der Waals surface area contributed by atoms with Crippen LogP contribution in [0.15, 0.2) is 23.0 Å². The first-order valence-electron chi connectivity index (χ1n) is 7.41. The molecule has 2 heterocycles. The van der Waals surface area contributed by atoms with Gasteiger partial charge in [-0.3, -0.25) is 0 Å². The quantitative estimate of drug-likeness (QED) is 0.860. The third kappa shape index (κ3) is 2.78. The molecule has 1 aliphatic carbocycles. The molecule has 3 heteroatoms. The van der Waals surface area contributed by atoms with Crippen molar-refractivity contribution in [3.05, 3.63) is 24.2 Å². The van der Waals surface area contributed by atoms with Crippen molar-refractivity contribution in [1.82, 2.24) is 10.6 Å². The molecule has 1 aromatic heterocycles. The molecule has 1 aromatic rings. The summed E-state index contributed by atoms with van der Waals surface area (Å²) in [5, 5.41) is 7.44. The first-order chi connectivity index (χ1) is 8.93. The van der Waals surface area contributed by atoms with Crippen LogP contribution in [0.3, 0.4) is 0 Å². The predicted molar refractivity (Wildman–Crippen MR) is 72.3 cm³/mol. The van der Waals surface area contributed by atoms with Gasteiger partial charge in [0.1, 0.15) is 0 Å². The van der Waals surface area contributed by atoms with Crippen LogP contribution in [0.4, 0.5) is 0 Å². The Balaban J connectivity index is 1.57. The zero-order chi connectivity index (χ0) is 12.2. The number of furan rings is 1. The summed E-state index contributed by atoms with van der Waals surface area (Å²) < 4.78 is 5.13. The lowest BCUT2D eigenvalue weighted by molar-refractivity contribution is 0.213. The average molecular weight is 248 g/mol. The van der Waals surface area contributed by atoms with Crippen molar-refractivity contribution in [3.63, 3.8) is 0 Å². The van der Waals surface area contributed by atoms with Gasteiger partial charge in [0.2, 0.25) is 0 Å². The molecule has 0 bridgehead atoms. The van der Waals surface area contributed by atoms with Gasteiger partial charge in [0.05, 0.1) is 12.5 Å². The van der Waals surface area contributed by atoms with E-state index >= 15 is 0 Å². The molecular weight excluding hydrogens is 224 g/mol. The van der Waals surface area contributed by atoms with Crippen LogP contribution in [0.5, 0.6) is 0 Å². The minimum absolute atomic E-state index is 0.684. The SMILES string of the molecule is c1cc(CNC2CCCCC2C2CCCN2)co1. The molecule has 2 fully saturated rings. The molecular formula is C15H24N2O. The van der Waals surface area contributed by atoms with Gasteiger partial charge in [0, 0.05) is 24.2 Å². The van der Waals surface area contributed by atoms with Crippen molar-refractivity contribution in [2.45, 2.75) is 57.2 Å². The number of hydrogen-bond donors (Lipinski definition) is 2. The smallest absolute Gasteiger partial charge is 0.0947 e. The lowest BCUT2D eigenvalue weighted by Crippen LogP contribution is -2.46. The summed E-state index contributed by atoms with van der Waals surface area (Å²) in [6.45, 7) is 2.17. The number of rotatable bonds is 4. The summed E-state index contributed by atoms with van der Waals surface area (Å²) in [6.07, 6.45) is 11.8. The van der Waals surface area contributed by atoms with E-state index < -0.39 is 0 Å². The molecule has 0 amide bonds. The Bertz CT molecular complexity index is 343. The van der Waals surface area contributed by atoms with E-state index in [0.29, 0.717) is 6.04 Å². The van der Waals surface area contributed by atoms with E-state index in [1.54, 1.807) is 6.26 Å². The van der Waals surface area contributed by atoms with Crippen LogP contribution in [-0.2, 0) is 6.54 Å². The van der Waals surface area contributed by atoms with Crippen LogP contribution in [0.25, 0.3) is 0 Å². The van der Waals surface area contributed by atoms with E-state index in [1.165, 1.54) is 50.6 Å². The molecule has 3 rings (SSSR count). The normalized spacial score (nSPS) is 32.8. The Labute approximate surface area is 109 Å². The minimum Gasteiger partial charge on any atom is -0.472 e. The fourth-order valence-corrected chi connectivity index (χ4v) is 3.61. The minimum atomic E-state index is 0.684. The summed E-state index contributed by atoms with van der Waals surface area (Å²) in [4.78, 5) is 0. The Morgan fingerprint density at radius 3 is 2.94 bits per heavy atom. The zero-order valence-electron chi connectivity index (χ0n) is 11.0. The van der Waals surface area contributed by atoms with Crippen LogP contribution in [0.2, 0.25) is 0 Å². The summed E-state index contributed by atoms with van der Waals surface area (Å²) in [6, 6.07) is 3.50. The Hall–Kier alpha value is -0.800. The number of nitrogens with one attached hydrogen (secondary N) is 2. The van der Waals surface area contributed by atoms with Crippen LogP contribution in [0.1, 0.15) is 44.1 Å². The molecule has 3 nitrogen and oxygen atoms in total. The first kappa shape index (κ1) is 12.2. The lowest BCUT2D eigenvalue weighted by Gasteiger charge is -2.36. The van der Waals surface area contributed by atoms with Crippen molar-refractivity contribution in [2.24, 2.45) is 5.92 Å². The van der Waals surface area contributed by atoms with Gasteiger partial charge in [-0.15, -0.1) is 0 Å². The highest BCUT2D eigenvalue weighted by molar-refractivity contribution is 5.05. The van der Waals surface area contributed by atoms with Crippen molar-refractivity contribution < 1.29 is 4.42 Å². The highest BCUT2D eigenvalue weighted by Crippen LogP contribution is 2.30. The molecule has 1 aliphatic heterocycles.